The van der Waals surface area contributed by atoms with E-state index < -0.39 is 0 Å². The minimum atomic E-state index is 0.687. The molecule has 0 bridgehead atoms. The van der Waals surface area contributed by atoms with Gasteiger partial charge in [0.25, 0.3) is 0 Å². The Morgan fingerprint density at radius 1 is 1.00 bits per heavy atom. The summed E-state index contributed by atoms with van der Waals surface area (Å²) in [5.41, 5.74) is 1.20. The van der Waals surface area contributed by atoms with Gasteiger partial charge in [-0.2, -0.15) is 0 Å². The van der Waals surface area contributed by atoms with Gasteiger partial charge in [0.15, 0.2) is 0 Å². The van der Waals surface area contributed by atoms with Crippen molar-refractivity contribution in [3.63, 3.8) is 0 Å². The molecular formula is C11H8Cl2. The van der Waals surface area contributed by atoms with Gasteiger partial charge in [0.1, 0.15) is 0 Å². The van der Waals surface area contributed by atoms with Crippen LogP contribution in [0.2, 0.25) is 10.0 Å². The maximum absolute atomic E-state index is 6.05. The third-order valence-corrected chi connectivity index (χ3v) is 2.66. The lowest BCUT2D eigenvalue weighted by molar-refractivity contribution is 1.53. The Morgan fingerprint density at radius 3 is 2.54 bits per heavy atom. The molecule has 66 valence electrons. The number of fused-ring (bicyclic) bond motifs is 1. The summed E-state index contributed by atoms with van der Waals surface area (Å²) in [6, 6.07) is 9.76. The highest BCUT2D eigenvalue weighted by molar-refractivity contribution is 6.38. The standard InChI is InChI=1S/C11H8Cl2/c1-7-3-2-4-9-10(7)5-8(12)6-11(9)13/h2-6H,1H3. The number of halogens is 2. The second-order valence-electron chi connectivity index (χ2n) is 3.06. The van der Waals surface area contributed by atoms with E-state index >= 15 is 0 Å². The van der Waals surface area contributed by atoms with E-state index in [2.05, 4.69) is 13.0 Å². The minimum Gasteiger partial charge on any atom is -0.0843 e. The molecule has 0 spiro atoms. The SMILES string of the molecule is Cc1cccc2c(Cl)cc(Cl)cc12. The molecule has 0 aliphatic rings. The van der Waals surface area contributed by atoms with Crippen LogP contribution in [0, 0.1) is 6.92 Å². The van der Waals surface area contributed by atoms with Crippen LogP contribution in [-0.4, -0.2) is 0 Å². The van der Waals surface area contributed by atoms with E-state index in [-0.39, 0.29) is 0 Å². The van der Waals surface area contributed by atoms with Crippen molar-refractivity contribution in [3.05, 3.63) is 45.9 Å². The zero-order valence-corrected chi connectivity index (χ0v) is 8.65. The summed E-state index contributed by atoms with van der Waals surface area (Å²) in [6.45, 7) is 2.05. The van der Waals surface area contributed by atoms with E-state index in [1.54, 1.807) is 6.07 Å². The second-order valence-corrected chi connectivity index (χ2v) is 3.90. The largest absolute Gasteiger partial charge is 0.0843 e. The minimum absolute atomic E-state index is 0.687. The Balaban J connectivity index is 2.94. The van der Waals surface area contributed by atoms with Gasteiger partial charge in [0.05, 0.1) is 0 Å². The van der Waals surface area contributed by atoms with Gasteiger partial charge in [-0.25, -0.2) is 0 Å². The summed E-state index contributed by atoms with van der Waals surface area (Å²) in [7, 11) is 0. The topological polar surface area (TPSA) is 0 Å². The van der Waals surface area contributed by atoms with Gasteiger partial charge in [-0.1, -0.05) is 41.4 Å². The number of benzene rings is 2. The van der Waals surface area contributed by atoms with Gasteiger partial charge in [0, 0.05) is 15.4 Å². The molecular weight excluding hydrogens is 203 g/mol. The first-order chi connectivity index (χ1) is 6.18. The number of hydrogen-bond donors (Lipinski definition) is 0. The molecule has 0 unspecified atom stereocenters. The van der Waals surface area contributed by atoms with Crippen molar-refractivity contribution in [2.24, 2.45) is 0 Å². The van der Waals surface area contributed by atoms with E-state index in [0.29, 0.717) is 10.0 Å². The molecule has 0 N–H and O–H groups in total. The van der Waals surface area contributed by atoms with Crippen LogP contribution in [0.25, 0.3) is 10.8 Å². The van der Waals surface area contributed by atoms with E-state index in [1.807, 2.05) is 18.2 Å². The van der Waals surface area contributed by atoms with Crippen molar-refractivity contribution in [3.8, 4) is 0 Å². The van der Waals surface area contributed by atoms with Crippen LogP contribution in [0.4, 0.5) is 0 Å². The molecule has 0 saturated heterocycles. The second kappa shape index (κ2) is 3.21. The van der Waals surface area contributed by atoms with Gasteiger partial charge in [-0.3, -0.25) is 0 Å². The third-order valence-electron chi connectivity index (χ3n) is 2.13. The Kier molecular flexibility index (Phi) is 2.19. The fourth-order valence-electron chi connectivity index (χ4n) is 1.46. The van der Waals surface area contributed by atoms with Crippen LogP contribution < -0.4 is 0 Å². The highest BCUT2D eigenvalue weighted by Crippen LogP contribution is 2.29. The maximum Gasteiger partial charge on any atom is 0.0499 e. The highest BCUT2D eigenvalue weighted by Gasteiger charge is 2.02. The molecule has 13 heavy (non-hydrogen) atoms. The lowest BCUT2D eigenvalue weighted by atomic mass is 10.1. The molecule has 0 aliphatic carbocycles. The molecule has 0 aliphatic heterocycles. The van der Waals surface area contributed by atoms with Crippen molar-refractivity contribution in [1.82, 2.24) is 0 Å². The van der Waals surface area contributed by atoms with Crippen LogP contribution in [-0.2, 0) is 0 Å². The van der Waals surface area contributed by atoms with Crippen molar-refractivity contribution in [1.29, 1.82) is 0 Å². The van der Waals surface area contributed by atoms with Gasteiger partial charge >= 0.3 is 0 Å². The highest BCUT2D eigenvalue weighted by atomic mass is 35.5. The Labute approximate surface area is 87.1 Å². The fourth-order valence-corrected chi connectivity index (χ4v) is 2.02. The predicted octanol–water partition coefficient (Wildman–Crippen LogP) is 4.46. The van der Waals surface area contributed by atoms with Crippen molar-refractivity contribution in [2.75, 3.05) is 0 Å². The molecule has 0 atom stereocenters. The van der Waals surface area contributed by atoms with Gasteiger partial charge in [-0.05, 0) is 30.0 Å². The number of hydrogen-bond acceptors (Lipinski definition) is 0. The molecule has 2 aromatic rings. The molecule has 2 rings (SSSR count). The molecule has 0 radical (unpaired) electrons. The summed E-state index contributed by atoms with van der Waals surface area (Å²) in [5.74, 6) is 0. The van der Waals surface area contributed by atoms with Gasteiger partial charge in [-0.15, -0.1) is 0 Å². The molecule has 0 nitrogen and oxygen atoms in total. The maximum atomic E-state index is 6.05. The predicted molar refractivity (Wildman–Crippen MR) is 58.7 cm³/mol. The zero-order chi connectivity index (χ0) is 9.42. The third kappa shape index (κ3) is 1.52. The molecule has 0 aromatic heterocycles. The molecule has 0 amide bonds. The summed E-state index contributed by atoms with van der Waals surface area (Å²) in [6.07, 6.45) is 0. The molecule has 2 heteroatoms. The molecule has 0 saturated carbocycles. The van der Waals surface area contributed by atoms with Crippen LogP contribution in [0.5, 0.6) is 0 Å². The smallest absolute Gasteiger partial charge is 0.0499 e. The fraction of sp³-hybridized carbons (Fsp3) is 0.0909. The molecule has 0 heterocycles. The summed E-state index contributed by atoms with van der Waals surface area (Å²) in [5, 5.41) is 3.59. The van der Waals surface area contributed by atoms with Crippen molar-refractivity contribution >= 4 is 34.0 Å². The molecule has 0 fully saturated rings. The van der Waals surface area contributed by atoms with E-state index in [9.17, 15) is 0 Å². The molecule has 2 aromatic carbocycles. The van der Waals surface area contributed by atoms with Gasteiger partial charge < -0.3 is 0 Å². The van der Waals surface area contributed by atoms with E-state index in [4.69, 9.17) is 23.2 Å². The van der Waals surface area contributed by atoms with Crippen molar-refractivity contribution in [2.45, 2.75) is 6.92 Å². The van der Waals surface area contributed by atoms with Crippen LogP contribution >= 0.6 is 23.2 Å². The first-order valence-electron chi connectivity index (χ1n) is 4.03. The number of aryl methyl sites for hydroxylation is 1. The first kappa shape index (κ1) is 8.86. The Morgan fingerprint density at radius 2 is 1.77 bits per heavy atom. The van der Waals surface area contributed by atoms with Crippen LogP contribution in [0.3, 0.4) is 0 Å². The number of rotatable bonds is 0. The lowest BCUT2D eigenvalue weighted by Gasteiger charge is -2.04. The Hall–Kier alpha value is -0.720. The van der Waals surface area contributed by atoms with E-state index in [1.165, 1.54) is 5.56 Å². The summed E-state index contributed by atoms with van der Waals surface area (Å²) < 4.78 is 0. The first-order valence-corrected chi connectivity index (χ1v) is 4.78. The average Bonchev–Trinajstić information content (AvgIpc) is 2.07. The zero-order valence-electron chi connectivity index (χ0n) is 7.14. The average molecular weight is 211 g/mol. The van der Waals surface area contributed by atoms with E-state index in [0.717, 1.165) is 10.8 Å². The Bertz CT molecular complexity index is 461. The summed E-state index contributed by atoms with van der Waals surface area (Å²) in [4.78, 5) is 0. The monoisotopic (exact) mass is 210 g/mol. The normalized spacial score (nSPS) is 10.7. The quantitative estimate of drug-likeness (QED) is 0.603. The van der Waals surface area contributed by atoms with Crippen molar-refractivity contribution < 1.29 is 0 Å². The van der Waals surface area contributed by atoms with Gasteiger partial charge in [0.2, 0.25) is 0 Å². The summed E-state index contributed by atoms with van der Waals surface area (Å²) >= 11 is 12.0. The lowest BCUT2D eigenvalue weighted by Crippen LogP contribution is -1.79. The van der Waals surface area contributed by atoms with Crippen LogP contribution in [0.1, 0.15) is 5.56 Å². The van der Waals surface area contributed by atoms with Crippen LogP contribution in [0.15, 0.2) is 30.3 Å².